The van der Waals surface area contributed by atoms with E-state index >= 15 is 0 Å². The number of hydrogen-bond donors (Lipinski definition) is 2. The lowest BCUT2D eigenvalue weighted by molar-refractivity contribution is -0.124. The summed E-state index contributed by atoms with van der Waals surface area (Å²) in [5.41, 5.74) is 5.17. The van der Waals surface area contributed by atoms with E-state index in [9.17, 15) is 13.4 Å². The van der Waals surface area contributed by atoms with Crippen molar-refractivity contribution in [1.29, 1.82) is 0 Å². The Morgan fingerprint density at radius 2 is 2.00 bits per heavy atom. The summed E-state index contributed by atoms with van der Waals surface area (Å²) in [6.07, 6.45) is -1.36. The highest BCUT2D eigenvalue weighted by atomic mass is 32.2. The van der Waals surface area contributed by atoms with Gasteiger partial charge >= 0.3 is 11.4 Å². The molecular weight excluding hydrogens is 225 g/mol. The average molecular weight is 233 g/mol. The van der Waals surface area contributed by atoms with Crippen LogP contribution in [-0.2, 0) is 20.3 Å². The van der Waals surface area contributed by atoms with Crippen LogP contribution < -0.4 is 5.73 Å². The number of nitrogens with two attached hydrogens (primary N) is 1. The normalized spacial score (nSPS) is 14.5. The van der Waals surface area contributed by atoms with Crippen molar-refractivity contribution in [2.75, 3.05) is 0 Å². The summed E-state index contributed by atoms with van der Waals surface area (Å²) in [7, 11) is 0. The van der Waals surface area contributed by atoms with Crippen LogP contribution in [0.15, 0.2) is 24.3 Å². The zero-order chi connectivity index (χ0) is 11.4. The zero-order valence-electron chi connectivity index (χ0n) is 7.42. The maximum Gasteiger partial charge on any atom is 0.303 e. The SMILES string of the molecule is NC(=O)C(OS(=O)O)c1ccc(F)cc1. The molecule has 3 N–H and O–H groups in total. The summed E-state index contributed by atoms with van der Waals surface area (Å²) in [5, 5.41) is 0. The van der Waals surface area contributed by atoms with Gasteiger partial charge in [-0.05, 0) is 17.7 Å². The van der Waals surface area contributed by atoms with E-state index in [4.69, 9.17) is 10.3 Å². The summed E-state index contributed by atoms with van der Waals surface area (Å²) in [5.74, 6) is -1.42. The minimum atomic E-state index is -2.62. The fourth-order valence-corrected chi connectivity index (χ4v) is 1.36. The highest BCUT2D eigenvalue weighted by Gasteiger charge is 2.21. The molecule has 7 heteroatoms. The molecule has 1 aromatic rings. The second-order valence-electron chi connectivity index (χ2n) is 2.65. The van der Waals surface area contributed by atoms with Crippen LogP contribution in [0.2, 0.25) is 0 Å². The van der Waals surface area contributed by atoms with Gasteiger partial charge in [0.25, 0.3) is 5.91 Å². The van der Waals surface area contributed by atoms with Gasteiger partial charge < -0.3 is 5.73 Å². The van der Waals surface area contributed by atoms with Crippen molar-refractivity contribution in [2.45, 2.75) is 6.10 Å². The van der Waals surface area contributed by atoms with E-state index in [1.54, 1.807) is 0 Å². The Kier molecular flexibility index (Phi) is 3.89. The van der Waals surface area contributed by atoms with Crippen LogP contribution in [0.3, 0.4) is 0 Å². The van der Waals surface area contributed by atoms with Crippen LogP contribution in [0.4, 0.5) is 4.39 Å². The maximum atomic E-state index is 12.5. The molecule has 0 bridgehead atoms. The van der Waals surface area contributed by atoms with E-state index in [2.05, 4.69) is 4.18 Å². The third kappa shape index (κ3) is 3.39. The molecule has 82 valence electrons. The van der Waals surface area contributed by atoms with E-state index in [1.807, 2.05) is 0 Å². The van der Waals surface area contributed by atoms with Crippen molar-refractivity contribution in [3.8, 4) is 0 Å². The Hall–Kier alpha value is -1.31. The molecule has 0 heterocycles. The van der Waals surface area contributed by atoms with Gasteiger partial charge in [0.1, 0.15) is 5.82 Å². The number of carbonyl (C=O) groups excluding carboxylic acids is 1. The van der Waals surface area contributed by atoms with Crippen LogP contribution >= 0.6 is 0 Å². The van der Waals surface area contributed by atoms with Crippen LogP contribution in [-0.4, -0.2) is 14.7 Å². The van der Waals surface area contributed by atoms with Gasteiger partial charge in [-0.3, -0.25) is 13.5 Å². The summed E-state index contributed by atoms with van der Waals surface area (Å²) in [6, 6.07) is 4.68. The Morgan fingerprint density at radius 1 is 1.47 bits per heavy atom. The smallest absolute Gasteiger partial charge is 0.303 e. The highest BCUT2D eigenvalue weighted by molar-refractivity contribution is 7.74. The molecule has 0 aliphatic carbocycles. The molecule has 0 aliphatic heterocycles. The molecule has 0 fully saturated rings. The Labute approximate surface area is 87.5 Å². The Balaban J connectivity index is 2.94. The van der Waals surface area contributed by atoms with Crippen molar-refractivity contribution >= 4 is 17.3 Å². The van der Waals surface area contributed by atoms with Crippen molar-refractivity contribution < 1.29 is 22.1 Å². The largest absolute Gasteiger partial charge is 0.367 e. The predicted octanol–water partition coefficient (Wildman–Crippen LogP) is 0.505. The molecule has 1 aromatic carbocycles. The molecule has 0 radical (unpaired) electrons. The molecule has 0 spiro atoms. The number of hydrogen-bond acceptors (Lipinski definition) is 3. The molecule has 0 saturated carbocycles. The minimum Gasteiger partial charge on any atom is -0.367 e. The quantitative estimate of drug-likeness (QED) is 0.741. The van der Waals surface area contributed by atoms with Crippen LogP contribution in [0.1, 0.15) is 11.7 Å². The zero-order valence-corrected chi connectivity index (χ0v) is 8.24. The van der Waals surface area contributed by atoms with E-state index in [0.717, 1.165) is 12.1 Å². The first-order chi connectivity index (χ1) is 7.00. The topological polar surface area (TPSA) is 89.6 Å². The van der Waals surface area contributed by atoms with Gasteiger partial charge in [-0.1, -0.05) is 12.1 Å². The number of primary amides is 1. The molecule has 0 aromatic heterocycles. The molecule has 1 rings (SSSR count). The predicted molar refractivity (Wildman–Crippen MR) is 50.2 cm³/mol. The van der Waals surface area contributed by atoms with E-state index < -0.39 is 29.2 Å². The van der Waals surface area contributed by atoms with Crippen LogP contribution in [0.5, 0.6) is 0 Å². The van der Waals surface area contributed by atoms with Gasteiger partial charge in [0.2, 0.25) is 0 Å². The first-order valence-corrected chi connectivity index (χ1v) is 4.86. The summed E-state index contributed by atoms with van der Waals surface area (Å²) >= 11 is -2.62. The lowest BCUT2D eigenvalue weighted by atomic mass is 10.1. The Morgan fingerprint density at radius 3 is 2.40 bits per heavy atom. The first-order valence-electron chi connectivity index (χ1n) is 3.83. The first kappa shape index (κ1) is 11.8. The molecule has 1 amide bonds. The number of benzene rings is 1. The Bertz CT molecular complexity index is 381. The molecule has 15 heavy (non-hydrogen) atoms. The number of carbonyl (C=O) groups is 1. The van der Waals surface area contributed by atoms with Crippen LogP contribution in [0.25, 0.3) is 0 Å². The van der Waals surface area contributed by atoms with Crippen molar-refractivity contribution in [1.82, 2.24) is 0 Å². The van der Waals surface area contributed by atoms with Gasteiger partial charge in [0.15, 0.2) is 6.10 Å². The average Bonchev–Trinajstić information content (AvgIpc) is 2.15. The molecular formula is C8H8FNO4S. The maximum absolute atomic E-state index is 12.5. The van der Waals surface area contributed by atoms with Crippen molar-refractivity contribution in [3.63, 3.8) is 0 Å². The third-order valence-electron chi connectivity index (χ3n) is 1.61. The summed E-state index contributed by atoms with van der Waals surface area (Å²) < 4.78 is 35.7. The second-order valence-corrected chi connectivity index (χ2v) is 3.27. The number of halogens is 1. The summed E-state index contributed by atoms with van der Waals surface area (Å²) in [4.78, 5) is 10.9. The molecule has 2 unspecified atom stereocenters. The van der Waals surface area contributed by atoms with Gasteiger partial charge in [-0.2, -0.15) is 4.21 Å². The van der Waals surface area contributed by atoms with Crippen molar-refractivity contribution in [2.24, 2.45) is 5.73 Å². The van der Waals surface area contributed by atoms with E-state index in [0.29, 0.717) is 0 Å². The molecule has 5 nitrogen and oxygen atoms in total. The fourth-order valence-electron chi connectivity index (χ4n) is 0.987. The van der Waals surface area contributed by atoms with Crippen molar-refractivity contribution in [3.05, 3.63) is 35.6 Å². The molecule has 0 aliphatic rings. The van der Waals surface area contributed by atoms with Gasteiger partial charge in [-0.15, -0.1) is 0 Å². The molecule has 2 atom stereocenters. The standard InChI is InChI=1S/C8H8FNO4S/c9-6-3-1-5(2-4-6)7(8(10)11)14-15(12)13/h1-4,7H,(H2,10,11)(H,12,13). The summed E-state index contributed by atoms with van der Waals surface area (Å²) in [6.45, 7) is 0. The fraction of sp³-hybridized carbons (Fsp3) is 0.125. The highest BCUT2D eigenvalue weighted by Crippen LogP contribution is 2.18. The minimum absolute atomic E-state index is 0.214. The van der Waals surface area contributed by atoms with Gasteiger partial charge in [-0.25, -0.2) is 4.39 Å². The second kappa shape index (κ2) is 4.96. The van der Waals surface area contributed by atoms with Gasteiger partial charge in [0, 0.05) is 0 Å². The van der Waals surface area contributed by atoms with Gasteiger partial charge in [0.05, 0.1) is 0 Å². The lowest BCUT2D eigenvalue weighted by Crippen LogP contribution is -2.24. The number of rotatable bonds is 4. The van der Waals surface area contributed by atoms with E-state index in [1.165, 1.54) is 12.1 Å². The lowest BCUT2D eigenvalue weighted by Gasteiger charge is -2.11. The van der Waals surface area contributed by atoms with Crippen LogP contribution in [0, 0.1) is 5.82 Å². The monoisotopic (exact) mass is 233 g/mol. The molecule has 0 saturated heterocycles. The van der Waals surface area contributed by atoms with E-state index in [-0.39, 0.29) is 5.56 Å². The number of amides is 1. The third-order valence-corrected chi connectivity index (χ3v) is 1.97.